The quantitative estimate of drug-likeness (QED) is 0.123. The molecule has 1 amide bonds. The van der Waals surface area contributed by atoms with Gasteiger partial charge in [0.25, 0.3) is 5.91 Å². The number of nitrogens with two attached hydrogens (primary N) is 1. The number of carbonyl (C=O) groups is 1. The van der Waals surface area contributed by atoms with Crippen LogP contribution in [0.2, 0.25) is 0 Å². The Balaban J connectivity index is 1.99. The molecule has 0 aromatic heterocycles. The van der Waals surface area contributed by atoms with E-state index in [1.165, 1.54) is 6.34 Å². The SMILES string of the molecule is NC1=NC(=O)C2N=CN(CCN(CCN(CCCO)CCP(=O)(O)O)CCP(=O)(O)O)C2=N1. The van der Waals surface area contributed by atoms with Gasteiger partial charge in [-0.05, 0) is 6.42 Å². The number of fused-ring (bicyclic) bond motifs is 1. The maximum absolute atomic E-state index is 11.9. The molecule has 2 aliphatic heterocycles. The summed E-state index contributed by atoms with van der Waals surface area (Å²) in [4.78, 5) is 65.7. The number of amides is 1. The van der Waals surface area contributed by atoms with E-state index in [1.54, 1.807) is 14.7 Å². The van der Waals surface area contributed by atoms with Crippen LogP contribution in [0.5, 0.6) is 0 Å². The van der Waals surface area contributed by atoms with Crippen molar-refractivity contribution < 1.29 is 38.6 Å². The first-order valence-corrected chi connectivity index (χ1v) is 13.9. The first-order valence-electron chi connectivity index (χ1n) is 10.3. The van der Waals surface area contributed by atoms with E-state index in [9.17, 15) is 23.7 Å². The normalized spacial score (nSPS) is 18.8. The Hall–Kier alpha value is -1.54. The van der Waals surface area contributed by atoms with Gasteiger partial charge in [-0.15, -0.1) is 0 Å². The Kier molecular flexibility index (Phi) is 10.3. The zero-order valence-corrected chi connectivity index (χ0v) is 19.8. The lowest BCUT2D eigenvalue weighted by molar-refractivity contribution is -0.117. The van der Waals surface area contributed by atoms with Gasteiger partial charge in [0.1, 0.15) is 5.84 Å². The summed E-state index contributed by atoms with van der Waals surface area (Å²) in [6, 6.07) is -0.845. The molecule has 1 unspecified atom stereocenters. The van der Waals surface area contributed by atoms with Crippen molar-refractivity contribution in [3.05, 3.63) is 0 Å². The number of aliphatic hydroxyl groups is 1. The third kappa shape index (κ3) is 10.1. The molecule has 2 aliphatic rings. The van der Waals surface area contributed by atoms with Gasteiger partial charge in [0.15, 0.2) is 6.04 Å². The fourth-order valence-corrected chi connectivity index (χ4v) is 4.35. The summed E-state index contributed by atoms with van der Waals surface area (Å²) in [7, 11) is -8.43. The molecule has 0 aromatic carbocycles. The van der Waals surface area contributed by atoms with Gasteiger partial charge < -0.3 is 40.2 Å². The second-order valence-electron chi connectivity index (χ2n) is 7.68. The average Bonchev–Trinajstić information content (AvgIpc) is 3.10. The Morgan fingerprint density at radius 3 is 2.06 bits per heavy atom. The second kappa shape index (κ2) is 12.2. The first-order chi connectivity index (χ1) is 15.4. The van der Waals surface area contributed by atoms with Crippen LogP contribution in [0.4, 0.5) is 0 Å². The zero-order chi connectivity index (χ0) is 24.6. The zero-order valence-electron chi connectivity index (χ0n) is 18.0. The Bertz CT molecular complexity index is 871. The van der Waals surface area contributed by atoms with Gasteiger partial charge in [0.2, 0.25) is 5.96 Å². The standard InChI is InChI=1S/C16H31N7O8P2/c17-16-19-14-13(15(25)20-16)18-12-23(14)6-5-22(8-11-33(29,30)31)4-3-21(2-1-9-24)7-10-32(26,27)28/h12-13,24H,1-11H2,(H2,17,20,25)(H2,26,27,28)(H2,29,30,31). The predicted molar refractivity (Wildman–Crippen MR) is 121 cm³/mol. The highest BCUT2D eigenvalue weighted by atomic mass is 31.2. The van der Waals surface area contributed by atoms with Gasteiger partial charge in [0.05, 0.1) is 18.7 Å². The molecule has 17 heteroatoms. The van der Waals surface area contributed by atoms with E-state index in [2.05, 4.69) is 15.0 Å². The van der Waals surface area contributed by atoms with Crippen molar-refractivity contribution in [1.29, 1.82) is 0 Å². The van der Waals surface area contributed by atoms with E-state index in [0.717, 1.165) is 0 Å². The molecule has 15 nitrogen and oxygen atoms in total. The maximum Gasteiger partial charge on any atom is 0.326 e. The van der Waals surface area contributed by atoms with Crippen molar-refractivity contribution in [2.45, 2.75) is 12.5 Å². The smallest absolute Gasteiger partial charge is 0.326 e. The molecule has 188 valence electrons. The van der Waals surface area contributed by atoms with E-state index in [4.69, 9.17) is 20.6 Å². The average molecular weight is 511 g/mol. The summed E-state index contributed by atoms with van der Waals surface area (Å²) in [5, 5.41) is 9.08. The number of amidine groups is 1. The number of aliphatic imine (C=N–C) groups is 3. The number of hydrogen-bond acceptors (Lipinski definition) is 10. The lowest BCUT2D eigenvalue weighted by Crippen LogP contribution is -2.45. The lowest BCUT2D eigenvalue weighted by atomic mass is 10.2. The minimum atomic E-state index is -4.24. The van der Waals surface area contributed by atoms with Crippen molar-refractivity contribution in [1.82, 2.24) is 14.7 Å². The molecule has 33 heavy (non-hydrogen) atoms. The highest BCUT2D eigenvalue weighted by Gasteiger charge is 2.35. The van der Waals surface area contributed by atoms with E-state index < -0.39 is 27.1 Å². The summed E-state index contributed by atoms with van der Waals surface area (Å²) >= 11 is 0. The molecule has 0 saturated heterocycles. The van der Waals surface area contributed by atoms with Crippen LogP contribution < -0.4 is 5.73 Å². The lowest BCUT2D eigenvalue weighted by Gasteiger charge is -2.29. The van der Waals surface area contributed by atoms with Gasteiger partial charge in [0, 0.05) is 52.4 Å². The second-order valence-corrected chi connectivity index (χ2v) is 11.2. The number of guanidine groups is 1. The van der Waals surface area contributed by atoms with Crippen LogP contribution >= 0.6 is 15.2 Å². The summed E-state index contributed by atoms with van der Waals surface area (Å²) in [5.41, 5.74) is 5.56. The fourth-order valence-electron chi connectivity index (χ4n) is 3.26. The maximum atomic E-state index is 11.9. The Labute approximate surface area is 191 Å². The third-order valence-corrected chi connectivity index (χ3v) is 6.58. The highest BCUT2D eigenvalue weighted by Crippen LogP contribution is 2.34. The molecule has 0 radical (unpaired) electrons. The van der Waals surface area contributed by atoms with Crippen LogP contribution in [0.15, 0.2) is 15.0 Å². The van der Waals surface area contributed by atoms with Crippen LogP contribution in [0, 0.1) is 0 Å². The number of aliphatic hydroxyl groups excluding tert-OH is 1. The van der Waals surface area contributed by atoms with Crippen LogP contribution in [-0.2, 0) is 13.9 Å². The molecule has 1 atom stereocenters. The highest BCUT2D eigenvalue weighted by molar-refractivity contribution is 7.52. The first kappa shape index (κ1) is 27.7. The largest absolute Gasteiger partial charge is 0.396 e. The van der Waals surface area contributed by atoms with Gasteiger partial charge in [-0.3, -0.25) is 23.8 Å². The van der Waals surface area contributed by atoms with Crippen molar-refractivity contribution in [3.63, 3.8) is 0 Å². The monoisotopic (exact) mass is 511 g/mol. The Morgan fingerprint density at radius 1 is 0.939 bits per heavy atom. The molecule has 2 rings (SSSR count). The minimum absolute atomic E-state index is 0.0724. The molecule has 0 fully saturated rings. The van der Waals surface area contributed by atoms with Crippen molar-refractivity contribution >= 4 is 39.2 Å². The molecule has 2 heterocycles. The molecule has 7 N–H and O–H groups in total. The summed E-state index contributed by atoms with van der Waals surface area (Å²) in [6.07, 6.45) is 1.18. The summed E-state index contributed by atoms with van der Waals surface area (Å²) in [5.74, 6) is -0.336. The molecule has 0 bridgehead atoms. The van der Waals surface area contributed by atoms with E-state index in [0.29, 0.717) is 45.0 Å². The van der Waals surface area contributed by atoms with E-state index in [-0.39, 0.29) is 38.0 Å². The third-order valence-electron chi connectivity index (χ3n) is 5.02. The minimum Gasteiger partial charge on any atom is -0.396 e. The van der Waals surface area contributed by atoms with E-state index in [1.807, 2.05) is 0 Å². The molecule has 0 aromatic rings. The van der Waals surface area contributed by atoms with Gasteiger partial charge >= 0.3 is 15.2 Å². The number of nitrogens with zero attached hydrogens (tertiary/aromatic N) is 6. The fraction of sp³-hybridized carbons (Fsp3) is 0.750. The predicted octanol–water partition coefficient (Wildman–Crippen LogP) is -2.71. The molecule has 0 spiro atoms. The molecular weight excluding hydrogens is 480 g/mol. The van der Waals surface area contributed by atoms with Crippen LogP contribution in [0.25, 0.3) is 0 Å². The summed E-state index contributed by atoms with van der Waals surface area (Å²) in [6.45, 7) is 1.94. The van der Waals surface area contributed by atoms with Gasteiger partial charge in [-0.1, -0.05) is 0 Å². The number of carbonyl (C=O) groups excluding carboxylic acids is 1. The van der Waals surface area contributed by atoms with Crippen molar-refractivity contribution in [2.24, 2.45) is 20.7 Å². The molecule has 0 saturated carbocycles. The van der Waals surface area contributed by atoms with Crippen molar-refractivity contribution in [2.75, 3.05) is 64.7 Å². The Morgan fingerprint density at radius 2 is 1.52 bits per heavy atom. The van der Waals surface area contributed by atoms with Crippen molar-refractivity contribution in [3.8, 4) is 0 Å². The van der Waals surface area contributed by atoms with Gasteiger partial charge in [-0.25, -0.2) is 0 Å². The van der Waals surface area contributed by atoms with Crippen LogP contribution in [-0.4, -0.2) is 134 Å². The van der Waals surface area contributed by atoms with Crippen LogP contribution in [0.1, 0.15) is 6.42 Å². The van der Waals surface area contributed by atoms with E-state index >= 15 is 0 Å². The topological polar surface area (TPSA) is 225 Å². The summed E-state index contributed by atoms with van der Waals surface area (Å²) < 4.78 is 22.6. The molecule has 0 aliphatic carbocycles. The molecular formula is C16H31N7O8P2. The number of hydrogen-bond donors (Lipinski definition) is 6. The van der Waals surface area contributed by atoms with Crippen LogP contribution in [0.3, 0.4) is 0 Å². The number of rotatable bonds is 15. The van der Waals surface area contributed by atoms with Gasteiger partial charge in [-0.2, -0.15) is 9.98 Å².